The Balaban J connectivity index is 4.22. The van der Waals surface area contributed by atoms with E-state index >= 15 is 0 Å². The Morgan fingerprint density at radius 2 is 0.607 bits per heavy atom. The summed E-state index contributed by atoms with van der Waals surface area (Å²) in [5, 5.41) is 11.8. The van der Waals surface area contributed by atoms with Crippen LogP contribution in [0.2, 0.25) is 0 Å². The Hall–Kier alpha value is -5.61. The van der Waals surface area contributed by atoms with Crippen molar-refractivity contribution in [2.75, 3.05) is 47.5 Å². The maximum Gasteiger partial charge on any atom is 0.306 e. The first kappa shape index (κ1) is 83.4. The van der Waals surface area contributed by atoms with Crippen molar-refractivity contribution in [3.05, 3.63) is 182 Å². The quantitative estimate of drug-likeness (QED) is 0.0195. The smallest absolute Gasteiger partial charge is 0.306 e. The normalized spacial score (nSPS) is 13.9. The van der Waals surface area contributed by atoms with Crippen molar-refractivity contribution < 1.29 is 42.9 Å². The average Bonchev–Trinajstić information content (AvgIpc) is 3.70. The highest BCUT2D eigenvalue weighted by Crippen LogP contribution is 2.15. The zero-order valence-corrected chi connectivity index (χ0v) is 57.0. The number of likely N-dealkylation sites (N-methyl/N-ethyl adjacent to an activating group) is 1. The molecule has 9 nitrogen and oxygen atoms in total. The molecule has 0 rings (SSSR count). The van der Waals surface area contributed by atoms with E-state index in [0.29, 0.717) is 17.4 Å². The Bertz CT molecular complexity index is 2120. The van der Waals surface area contributed by atoms with Crippen molar-refractivity contribution in [1.82, 2.24) is 0 Å². The third kappa shape index (κ3) is 69.7. The van der Waals surface area contributed by atoms with Crippen molar-refractivity contribution in [2.24, 2.45) is 0 Å². The minimum absolute atomic E-state index is 0.135. The van der Waals surface area contributed by atoms with Gasteiger partial charge in [-0.1, -0.05) is 280 Å². The number of carbonyl (C=O) groups excluding carboxylic acids is 3. The zero-order valence-electron chi connectivity index (χ0n) is 57.0. The molecule has 0 aromatic heterocycles. The van der Waals surface area contributed by atoms with E-state index < -0.39 is 24.3 Å². The van der Waals surface area contributed by atoms with Crippen LogP contribution in [-0.4, -0.2) is 82.3 Å². The van der Waals surface area contributed by atoms with Gasteiger partial charge in [-0.15, -0.1) is 0 Å². The first-order chi connectivity index (χ1) is 43.6. The van der Waals surface area contributed by atoms with Crippen LogP contribution < -0.4 is 5.11 Å². The summed E-state index contributed by atoms with van der Waals surface area (Å²) in [6, 6.07) is 0. The van der Waals surface area contributed by atoms with Crippen LogP contribution in [0.25, 0.3) is 0 Å². The van der Waals surface area contributed by atoms with Crippen LogP contribution in [0, 0.1) is 0 Å². The molecule has 0 aliphatic carbocycles. The van der Waals surface area contributed by atoms with Crippen molar-refractivity contribution in [3.8, 4) is 0 Å². The highest BCUT2D eigenvalue weighted by Gasteiger charge is 2.22. The van der Waals surface area contributed by atoms with Crippen LogP contribution in [0.15, 0.2) is 182 Å². The summed E-state index contributed by atoms with van der Waals surface area (Å²) in [6.45, 7) is 4.48. The summed E-state index contributed by atoms with van der Waals surface area (Å²) in [4.78, 5) is 37.5. The maximum atomic E-state index is 12.9. The highest BCUT2D eigenvalue weighted by molar-refractivity contribution is 5.70. The standard InChI is InChI=1S/C80H127NO8/c1-6-8-10-12-14-16-18-20-22-24-26-28-30-32-34-35-36-37-38-39-40-41-42-43-45-47-49-51-53-55-57-59-61-63-65-67-69-71-78(83)89-76(75-88-80(79(84)85)86-73-72-81(3,4)5)74-87-77(82)70-68-66-64-62-60-58-56-54-52-50-48-46-44-33-31-29-27-25-23-21-19-17-15-13-11-9-7-2/h8-11,14-17,20-23,26-29,32-34,36-37,39-40,42-44,47-50,76,80H,6-7,12-13,18-19,24-25,30-31,35,38,41,45-46,51-75H2,1-5H3/b10-8-,11-9-,16-14-,17-15-,22-20-,23-21-,28-26-,29-27-,34-32-,37-36-,40-39-,43-42-,44-33-,49-47-,50-48-. The lowest BCUT2D eigenvalue weighted by Gasteiger charge is -2.26. The molecule has 0 saturated heterocycles. The van der Waals surface area contributed by atoms with Crippen LogP contribution in [0.5, 0.6) is 0 Å². The number of hydrogen-bond donors (Lipinski definition) is 0. The number of allylic oxidation sites excluding steroid dienone is 30. The van der Waals surface area contributed by atoms with Gasteiger partial charge in [0, 0.05) is 12.8 Å². The lowest BCUT2D eigenvalue weighted by molar-refractivity contribution is -0.870. The van der Waals surface area contributed by atoms with Crippen molar-refractivity contribution in [2.45, 2.75) is 257 Å². The van der Waals surface area contributed by atoms with Gasteiger partial charge in [-0.05, 0) is 135 Å². The van der Waals surface area contributed by atoms with E-state index in [1.807, 2.05) is 21.1 Å². The zero-order chi connectivity index (χ0) is 64.7. The molecule has 9 heteroatoms. The number of unbranched alkanes of at least 4 members (excludes halogenated alkanes) is 17. The molecule has 0 saturated carbocycles. The van der Waals surface area contributed by atoms with Gasteiger partial charge in [0.1, 0.15) is 13.2 Å². The van der Waals surface area contributed by atoms with Gasteiger partial charge in [0.2, 0.25) is 0 Å². The number of ether oxygens (including phenoxy) is 4. The van der Waals surface area contributed by atoms with Gasteiger partial charge in [-0.2, -0.15) is 0 Å². The Morgan fingerprint density at radius 3 is 0.899 bits per heavy atom. The fourth-order valence-electron chi connectivity index (χ4n) is 8.88. The van der Waals surface area contributed by atoms with E-state index in [-0.39, 0.29) is 38.6 Å². The van der Waals surface area contributed by atoms with Gasteiger partial charge in [0.05, 0.1) is 40.3 Å². The molecule has 0 heterocycles. The number of rotatable bonds is 62. The Labute approximate surface area is 545 Å². The molecule has 0 amide bonds. The number of carboxylic acid groups (broad SMARTS) is 1. The van der Waals surface area contributed by atoms with Gasteiger partial charge in [-0.3, -0.25) is 9.59 Å². The monoisotopic (exact) mass is 1230 g/mol. The molecule has 0 aliphatic rings. The molecule has 500 valence electrons. The lowest BCUT2D eigenvalue weighted by Crippen LogP contribution is -2.44. The largest absolute Gasteiger partial charge is 0.545 e. The van der Waals surface area contributed by atoms with Crippen LogP contribution in [0.4, 0.5) is 0 Å². The summed E-state index contributed by atoms with van der Waals surface area (Å²) in [7, 11) is 5.91. The molecule has 0 spiro atoms. The maximum absolute atomic E-state index is 12.9. The molecule has 0 radical (unpaired) electrons. The third-order valence-corrected chi connectivity index (χ3v) is 14.1. The molecule has 0 bridgehead atoms. The number of quaternary nitrogens is 1. The summed E-state index contributed by atoms with van der Waals surface area (Å²) in [6.07, 6.45) is 101. The average molecular weight is 1230 g/mol. The number of carboxylic acids is 1. The first-order valence-electron chi connectivity index (χ1n) is 34.9. The molecule has 2 unspecified atom stereocenters. The molecular formula is C80H127NO8. The van der Waals surface area contributed by atoms with Crippen molar-refractivity contribution in [3.63, 3.8) is 0 Å². The topological polar surface area (TPSA) is 111 Å². The van der Waals surface area contributed by atoms with E-state index in [2.05, 4.69) is 196 Å². The predicted octanol–water partition coefficient (Wildman–Crippen LogP) is 20.7. The summed E-state index contributed by atoms with van der Waals surface area (Å²) >= 11 is 0. The van der Waals surface area contributed by atoms with Crippen molar-refractivity contribution in [1.29, 1.82) is 0 Å². The molecule has 0 aliphatic heterocycles. The predicted molar refractivity (Wildman–Crippen MR) is 379 cm³/mol. The molecular weight excluding hydrogens is 1100 g/mol. The molecule has 89 heavy (non-hydrogen) atoms. The minimum Gasteiger partial charge on any atom is -0.545 e. The number of aliphatic carboxylic acids is 1. The molecule has 0 N–H and O–H groups in total. The first-order valence-corrected chi connectivity index (χ1v) is 34.9. The van der Waals surface area contributed by atoms with E-state index in [1.54, 1.807) is 0 Å². The van der Waals surface area contributed by atoms with Gasteiger partial charge >= 0.3 is 11.9 Å². The number of nitrogens with zero attached hydrogens (tertiary/aromatic N) is 1. The van der Waals surface area contributed by atoms with Gasteiger partial charge in [0.15, 0.2) is 12.4 Å². The highest BCUT2D eigenvalue weighted by atomic mass is 16.7. The van der Waals surface area contributed by atoms with Gasteiger partial charge in [0.25, 0.3) is 0 Å². The van der Waals surface area contributed by atoms with Crippen LogP contribution in [0.1, 0.15) is 245 Å². The van der Waals surface area contributed by atoms with E-state index in [9.17, 15) is 19.5 Å². The van der Waals surface area contributed by atoms with Crippen LogP contribution in [-0.2, 0) is 33.3 Å². The van der Waals surface area contributed by atoms with Crippen LogP contribution >= 0.6 is 0 Å². The minimum atomic E-state index is -1.64. The number of carbonyl (C=O) groups is 3. The second-order valence-electron chi connectivity index (χ2n) is 23.7. The van der Waals surface area contributed by atoms with Crippen molar-refractivity contribution >= 4 is 17.9 Å². The summed E-state index contributed by atoms with van der Waals surface area (Å²) < 4.78 is 22.8. The second kappa shape index (κ2) is 68.3. The second-order valence-corrected chi connectivity index (χ2v) is 23.7. The molecule has 0 fully saturated rings. The van der Waals surface area contributed by atoms with E-state index in [1.165, 1.54) is 57.8 Å². The Kier molecular flexibility index (Phi) is 64.0. The lowest BCUT2D eigenvalue weighted by atomic mass is 10.1. The molecule has 2 atom stereocenters. The fraction of sp³-hybridized carbons (Fsp3) is 0.588. The Morgan fingerprint density at radius 1 is 0.337 bits per heavy atom. The van der Waals surface area contributed by atoms with E-state index in [0.717, 1.165) is 154 Å². The summed E-state index contributed by atoms with van der Waals surface area (Å²) in [5.74, 6) is -2.32. The van der Waals surface area contributed by atoms with Gasteiger partial charge < -0.3 is 33.3 Å². The number of hydrogen-bond acceptors (Lipinski definition) is 8. The van der Waals surface area contributed by atoms with Gasteiger partial charge in [-0.25, -0.2) is 0 Å². The van der Waals surface area contributed by atoms with Crippen LogP contribution in [0.3, 0.4) is 0 Å². The molecule has 0 aromatic carbocycles. The fourth-order valence-corrected chi connectivity index (χ4v) is 8.88. The number of esters is 2. The van der Waals surface area contributed by atoms with E-state index in [4.69, 9.17) is 18.9 Å². The SMILES string of the molecule is CC/C=C\C/C=C\C/C=C\C/C=C\C/C=C\C/C=C\C/C=C\C/C=C\C/C=C\CCCCCCCCCCCC(=O)OC(COC(=O)CCCCCCCCCC/C=C\C/C=C\C/C=C\C/C=C\C/C=C\C/C=C\CC)COC(OCC[N+](C)(C)C)C(=O)[O-]. The summed E-state index contributed by atoms with van der Waals surface area (Å²) in [5.41, 5.74) is 0. The third-order valence-electron chi connectivity index (χ3n) is 14.1. The molecule has 0 aromatic rings.